The van der Waals surface area contributed by atoms with E-state index in [2.05, 4.69) is 4.98 Å². The van der Waals surface area contributed by atoms with Gasteiger partial charge in [0.1, 0.15) is 11.9 Å². The summed E-state index contributed by atoms with van der Waals surface area (Å²) < 4.78 is 0. The number of aryl methyl sites for hydroxylation is 1. The van der Waals surface area contributed by atoms with Crippen LogP contribution in [-0.2, 0) is 0 Å². The van der Waals surface area contributed by atoms with E-state index in [1.165, 1.54) is 0 Å². The van der Waals surface area contributed by atoms with Crippen molar-refractivity contribution >= 4 is 5.82 Å². The number of nitrogen functional groups attached to an aromatic ring is 1. The van der Waals surface area contributed by atoms with Gasteiger partial charge in [0.25, 0.3) is 0 Å². The Bertz CT molecular complexity index is 330. The van der Waals surface area contributed by atoms with Gasteiger partial charge in [0.2, 0.25) is 0 Å². The number of pyridine rings is 1. The molecule has 2 unspecified atom stereocenters. The molecule has 5 heteroatoms. The second-order valence-corrected chi connectivity index (χ2v) is 3.53. The van der Waals surface area contributed by atoms with Crippen LogP contribution in [0.1, 0.15) is 23.8 Å². The molecule has 0 spiro atoms. The molecule has 5 nitrogen and oxygen atoms in total. The molecular weight excluding hydrogens is 194 g/mol. The van der Waals surface area contributed by atoms with Gasteiger partial charge in [-0.1, -0.05) is 6.07 Å². The number of hydrogen-bond donors (Lipinski definition) is 4. The molecule has 1 heterocycles. The Kier molecular flexibility index (Phi) is 4.02. The summed E-state index contributed by atoms with van der Waals surface area (Å²) in [6, 6.07) is 3.41. The number of aliphatic hydroxyl groups excluding tert-OH is 2. The Balaban J connectivity index is 2.89. The van der Waals surface area contributed by atoms with Gasteiger partial charge in [-0.15, -0.1) is 0 Å². The number of aromatic nitrogens is 1. The van der Waals surface area contributed by atoms with Crippen molar-refractivity contribution in [1.29, 1.82) is 0 Å². The van der Waals surface area contributed by atoms with Crippen LogP contribution in [0.5, 0.6) is 0 Å². The van der Waals surface area contributed by atoms with Crippen molar-refractivity contribution in [2.24, 2.45) is 5.73 Å². The summed E-state index contributed by atoms with van der Waals surface area (Å²) in [5, 5.41) is 19.4. The molecule has 2 atom stereocenters. The molecule has 0 aliphatic carbocycles. The van der Waals surface area contributed by atoms with Crippen LogP contribution in [0.3, 0.4) is 0 Å². The maximum absolute atomic E-state index is 9.80. The molecule has 84 valence electrons. The molecule has 0 bridgehead atoms. The van der Waals surface area contributed by atoms with Gasteiger partial charge in [-0.3, -0.25) is 0 Å². The van der Waals surface area contributed by atoms with Crippen molar-refractivity contribution in [3.8, 4) is 0 Å². The third-order valence-corrected chi connectivity index (χ3v) is 2.26. The van der Waals surface area contributed by atoms with Crippen LogP contribution in [0, 0.1) is 6.92 Å². The molecule has 0 aliphatic heterocycles. The fraction of sp³-hybridized carbons (Fsp3) is 0.500. The lowest BCUT2D eigenvalue weighted by molar-refractivity contribution is 0.0122. The molecule has 1 rings (SSSR count). The smallest absolute Gasteiger partial charge is 0.123 e. The maximum atomic E-state index is 9.80. The van der Waals surface area contributed by atoms with Crippen molar-refractivity contribution in [2.75, 3.05) is 12.3 Å². The largest absolute Gasteiger partial charge is 0.390 e. The average molecular weight is 211 g/mol. The van der Waals surface area contributed by atoms with Crippen LogP contribution in [0.15, 0.2) is 12.1 Å². The van der Waals surface area contributed by atoms with Crippen LogP contribution in [0.2, 0.25) is 0 Å². The molecule has 0 saturated heterocycles. The van der Waals surface area contributed by atoms with Gasteiger partial charge in [0, 0.05) is 0 Å². The Morgan fingerprint density at radius 2 is 2.07 bits per heavy atom. The van der Waals surface area contributed by atoms with Gasteiger partial charge in [0.05, 0.1) is 11.8 Å². The number of hydrogen-bond acceptors (Lipinski definition) is 5. The Labute approximate surface area is 88.7 Å². The monoisotopic (exact) mass is 211 g/mol. The fourth-order valence-corrected chi connectivity index (χ4v) is 1.37. The Morgan fingerprint density at radius 1 is 1.40 bits per heavy atom. The van der Waals surface area contributed by atoms with E-state index in [0.29, 0.717) is 24.5 Å². The van der Waals surface area contributed by atoms with Crippen LogP contribution in [0.25, 0.3) is 0 Å². The first kappa shape index (κ1) is 11.9. The molecule has 6 N–H and O–H groups in total. The van der Waals surface area contributed by atoms with Crippen LogP contribution in [-0.4, -0.2) is 27.8 Å². The zero-order valence-electron chi connectivity index (χ0n) is 8.72. The van der Waals surface area contributed by atoms with Gasteiger partial charge >= 0.3 is 0 Å². The molecule has 0 fully saturated rings. The van der Waals surface area contributed by atoms with Gasteiger partial charge in [-0.25, -0.2) is 4.98 Å². The van der Waals surface area contributed by atoms with Crippen LogP contribution in [0.4, 0.5) is 5.82 Å². The van der Waals surface area contributed by atoms with Crippen molar-refractivity contribution in [1.82, 2.24) is 4.98 Å². The highest BCUT2D eigenvalue weighted by Crippen LogP contribution is 2.21. The van der Waals surface area contributed by atoms with E-state index < -0.39 is 12.2 Å². The predicted molar refractivity (Wildman–Crippen MR) is 58.0 cm³/mol. The van der Waals surface area contributed by atoms with Gasteiger partial charge in [-0.05, 0) is 31.5 Å². The topological polar surface area (TPSA) is 105 Å². The molecule has 1 aromatic rings. The normalized spacial score (nSPS) is 14.9. The van der Waals surface area contributed by atoms with Crippen LogP contribution < -0.4 is 11.5 Å². The Hall–Kier alpha value is -1.17. The summed E-state index contributed by atoms with van der Waals surface area (Å²) in [5.74, 6) is 0.328. The third kappa shape index (κ3) is 2.89. The maximum Gasteiger partial charge on any atom is 0.123 e. The molecule has 0 aromatic carbocycles. The second kappa shape index (κ2) is 5.06. The highest BCUT2D eigenvalue weighted by Gasteiger charge is 2.20. The van der Waals surface area contributed by atoms with Crippen molar-refractivity contribution in [2.45, 2.75) is 25.6 Å². The first-order valence-corrected chi connectivity index (χ1v) is 4.85. The molecule has 0 saturated carbocycles. The van der Waals surface area contributed by atoms with Gasteiger partial charge in [0.15, 0.2) is 0 Å². The van der Waals surface area contributed by atoms with E-state index in [1.54, 1.807) is 19.1 Å². The number of rotatable bonds is 4. The minimum atomic E-state index is -1.03. The van der Waals surface area contributed by atoms with Gasteiger partial charge in [-0.2, -0.15) is 0 Å². The SMILES string of the molecule is Cc1ccc(N)nc1C(O)C(O)CCN. The first-order valence-electron chi connectivity index (χ1n) is 4.85. The predicted octanol–water partition coefficient (Wildman–Crippen LogP) is -0.285. The zero-order chi connectivity index (χ0) is 11.4. The van der Waals surface area contributed by atoms with Crippen molar-refractivity contribution in [3.05, 3.63) is 23.4 Å². The number of anilines is 1. The van der Waals surface area contributed by atoms with E-state index in [4.69, 9.17) is 11.5 Å². The summed E-state index contributed by atoms with van der Waals surface area (Å²) in [7, 11) is 0. The third-order valence-electron chi connectivity index (χ3n) is 2.26. The molecular formula is C10H17N3O2. The fourth-order valence-electron chi connectivity index (χ4n) is 1.37. The lowest BCUT2D eigenvalue weighted by atomic mass is 10.0. The molecule has 0 amide bonds. The van der Waals surface area contributed by atoms with Crippen molar-refractivity contribution in [3.63, 3.8) is 0 Å². The molecule has 0 radical (unpaired) electrons. The summed E-state index contributed by atoms with van der Waals surface area (Å²) in [6.07, 6.45) is -1.60. The van der Waals surface area contributed by atoms with E-state index >= 15 is 0 Å². The molecule has 15 heavy (non-hydrogen) atoms. The molecule has 1 aromatic heterocycles. The van der Waals surface area contributed by atoms with Gasteiger partial charge < -0.3 is 21.7 Å². The number of nitrogens with two attached hydrogens (primary N) is 2. The first-order chi connectivity index (χ1) is 7.06. The van der Waals surface area contributed by atoms with E-state index in [-0.39, 0.29) is 0 Å². The standard InChI is InChI=1S/C10H17N3O2/c1-6-2-3-8(12)13-9(6)10(15)7(14)4-5-11/h2-3,7,10,14-15H,4-5,11H2,1H3,(H2,12,13). The molecule has 0 aliphatic rings. The summed E-state index contributed by atoms with van der Waals surface area (Å²) >= 11 is 0. The van der Waals surface area contributed by atoms with Crippen molar-refractivity contribution < 1.29 is 10.2 Å². The van der Waals surface area contributed by atoms with Crippen LogP contribution >= 0.6 is 0 Å². The summed E-state index contributed by atoms with van der Waals surface area (Å²) in [5.41, 5.74) is 12.0. The zero-order valence-corrected chi connectivity index (χ0v) is 8.72. The van der Waals surface area contributed by atoms with E-state index in [1.807, 2.05) is 0 Å². The summed E-state index contributed by atoms with van der Waals surface area (Å²) in [6.45, 7) is 2.12. The highest BCUT2D eigenvalue weighted by atomic mass is 16.3. The van der Waals surface area contributed by atoms with E-state index in [0.717, 1.165) is 5.56 Å². The highest BCUT2D eigenvalue weighted by molar-refractivity contribution is 5.34. The Morgan fingerprint density at radius 3 is 2.67 bits per heavy atom. The van der Waals surface area contributed by atoms with E-state index in [9.17, 15) is 10.2 Å². The lowest BCUT2D eigenvalue weighted by Crippen LogP contribution is -2.23. The summed E-state index contributed by atoms with van der Waals surface area (Å²) in [4.78, 5) is 4.00. The minimum Gasteiger partial charge on any atom is -0.390 e. The number of aliphatic hydroxyl groups is 2. The average Bonchev–Trinajstić information content (AvgIpc) is 2.21. The second-order valence-electron chi connectivity index (χ2n) is 3.53. The lowest BCUT2D eigenvalue weighted by Gasteiger charge is -2.18. The number of nitrogens with zero attached hydrogens (tertiary/aromatic N) is 1. The quantitative estimate of drug-likeness (QED) is 0.548. The minimum absolute atomic E-state index is 0.319.